The van der Waals surface area contributed by atoms with Crippen LogP contribution in [-0.2, 0) is 4.74 Å². The molecule has 0 aliphatic carbocycles. The molecule has 0 heterocycles. The van der Waals surface area contributed by atoms with Gasteiger partial charge in [-0.25, -0.2) is 0 Å². The Morgan fingerprint density at radius 1 is 1.15 bits per heavy atom. The second kappa shape index (κ2) is 10.9. The Morgan fingerprint density at radius 3 is 2.70 bits per heavy atom. The van der Waals surface area contributed by atoms with Gasteiger partial charge in [-0.1, -0.05) is 19.4 Å². The highest BCUT2D eigenvalue weighted by Gasteiger charge is 2.07. The Hall–Kier alpha value is -0.780. The zero-order valence-corrected chi connectivity index (χ0v) is 13.9. The average molecular weight is 346 g/mol. The molecule has 114 valence electrons. The third kappa shape index (κ3) is 6.59. The van der Waals surface area contributed by atoms with Crippen LogP contribution in [0.15, 0.2) is 22.7 Å². The molecule has 1 rings (SSSR count). The summed E-state index contributed by atoms with van der Waals surface area (Å²) in [4.78, 5) is 0. The third-order valence-corrected chi connectivity index (χ3v) is 3.37. The highest BCUT2D eigenvalue weighted by atomic mass is 79.9. The minimum atomic E-state index is 0.591. The number of halogens is 1. The van der Waals surface area contributed by atoms with E-state index in [0.717, 1.165) is 48.7 Å². The number of nitrogens with one attached hydrogen (secondary N) is 1. The van der Waals surface area contributed by atoms with Crippen LogP contribution in [0, 0.1) is 0 Å². The lowest BCUT2D eigenvalue weighted by molar-refractivity contribution is 0.132. The van der Waals surface area contributed by atoms with Gasteiger partial charge in [0.25, 0.3) is 0 Å². The molecule has 5 heteroatoms. The maximum atomic E-state index is 5.73. The molecule has 1 aromatic rings. The van der Waals surface area contributed by atoms with Gasteiger partial charge in [-0.3, -0.25) is 0 Å². The Bertz CT molecular complexity index is 374. The summed E-state index contributed by atoms with van der Waals surface area (Å²) < 4.78 is 17.4. The maximum absolute atomic E-state index is 5.73. The van der Waals surface area contributed by atoms with E-state index in [-0.39, 0.29) is 0 Å². The summed E-state index contributed by atoms with van der Waals surface area (Å²) in [6.45, 7) is 5.98. The Kier molecular flexibility index (Phi) is 9.45. The molecule has 0 saturated carbocycles. The number of ether oxygens (including phenoxy) is 3. The predicted octanol–water partition coefficient (Wildman–Crippen LogP) is 3.24. The predicted molar refractivity (Wildman–Crippen MR) is 84.8 cm³/mol. The van der Waals surface area contributed by atoms with Crippen LogP contribution in [-0.4, -0.2) is 40.0 Å². The van der Waals surface area contributed by atoms with Gasteiger partial charge in [0.15, 0.2) is 11.5 Å². The standard InChI is InChI=1S/C15H24BrNO3/c1-3-4-10-19-11-8-17-9-12-20-15-13(16)6-5-7-14(15)18-2/h5-7,17H,3-4,8-12H2,1-2H3. The molecule has 0 bridgehead atoms. The van der Waals surface area contributed by atoms with Crippen LogP contribution < -0.4 is 14.8 Å². The average Bonchev–Trinajstić information content (AvgIpc) is 2.46. The molecule has 0 saturated heterocycles. The van der Waals surface area contributed by atoms with Gasteiger partial charge >= 0.3 is 0 Å². The number of para-hydroxylation sites is 1. The van der Waals surface area contributed by atoms with Gasteiger partial charge in [0.1, 0.15) is 6.61 Å². The summed E-state index contributed by atoms with van der Waals surface area (Å²) in [6, 6.07) is 5.74. The van der Waals surface area contributed by atoms with Gasteiger partial charge in [-0.05, 0) is 34.5 Å². The summed E-state index contributed by atoms with van der Waals surface area (Å²) in [5, 5.41) is 3.28. The second-order valence-electron chi connectivity index (χ2n) is 4.34. The molecular formula is C15H24BrNO3. The van der Waals surface area contributed by atoms with Crippen LogP contribution in [0.3, 0.4) is 0 Å². The molecule has 0 unspecified atom stereocenters. The van der Waals surface area contributed by atoms with Gasteiger partial charge in [-0.2, -0.15) is 0 Å². The van der Waals surface area contributed by atoms with Gasteiger partial charge in [0, 0.05) is 19.7 Å². The minimum Gasteiger partial charge on any atom is -0.493 e. The van der Waals surface area contributed by atoms with Crippen molar-refractivity contribution >= 4 is 15.9 Å². The van der Waals surface area contributed by atoms with Gasteiger partial charge < -0.3 is 19.5 Å². The molecule has 0 spiro atoms. The molecule has 0 atom stereocenters. The molecule has 0 aliphatic heterocycles. The van der Waals surface area contributed by atoms with Crippen LogP contribution in [0.4, 0.5) is 0 Å². The minimum absolute atomic E-state index is 0.591. The first kappa shape index (κ1) is 17.3. The van der Waals surface area contributed by atoms with E-state index in [9.17, 15) is 0 Å². The Labute approximate surface area is 129 Å². The second-order valence-corrected chi connectivity index (χ2v) is 5.19. The fourth-order valence-corrected chi connectivity index (χ4v) is 2.10. The van der Waals surface area contributed by atoms with Crippen LogP contribution in [0.5, 0.6) is 11.5 Å². The van der Waals surface area contributed by atoms with E-state index in [2.05, 4.69) is 28.2 Å². The molecular weight excluding hydrogens is 322 g/mol. The van der Waals surface area contributed by atoms with E-state index in [1.54, 1.807) is 7.11 Å². The fraction of sp³-hybridized carbons (Fsp3) is 0.600. The number of unbranched alkanes of at least 4 members (excludes halogenated alkanes) is 1. The molecule has 0 aromatic heterocycles. The first-order valence-corrected chi connectivity index (χ1v) is 7.82. The van der Waals surface area contributed by atoms with Gasteiger partial charge in [0.2, 0.25) is 0 Å². The number of hydrogen-bond donors (Lipinski definition) is 1. The van der Waals surface area contributed by atoms with Crippen molar-refractivity contribution in [3.8, 4) is 11.5 Å². The lowest BCUT2D eigenvalue weighted by atomic mass is 10.3. The first-order chi connectivity index (χ1) is 9.79. The van der Waals surface area contributed by atoms with Crippen LogP contribution in [0.2, 0.25) is 0 Å². The summed E-state index contributed by atoms with van der Waals surface area (Å²) >= 11 is 3.46. The summed E-state index contributed by atoms with van der Waals surface area (Å²) in [5.74, 6) is 1.48. The lowest BCUT2D eigenvalue weighted by Crippen LogP contribution is -2.25. The lowest BCUT2D eigenvalue weighted by Gasteiger charge is -2.12. The Morgan fingerprint density at radius 2 is 1.95 bits per heavy atom. The highest BCUT2D eigenvalue weighted by Crippen LogP contribution is 2.34. The zero-order valence-electron chi connectivity index (χ0n) is 12.3. The quantitative estimate of drug-likeness (QED) is 0.625. The van der Waals surface area contributed by atoms with Crippen molar-refractivity contribution < 1.29 is 14.2 Å². The maximum Gasteiger partial charge on any atom is 0.175 e. The van der Waals surface area contributed by atoms with E-state index in [1.165, 1.54) is 6.42 Å². The number of hydrogen-bond acceptors (Lipinski definition) is 4. The molecule has 1 aromatic carbocycles. The van der Waals surface area contributed by atoms with Crippen LogP contribution in [0.25, 0.3) is 0 Å². The topological polar surface area (TPSA) is 39.7 Å². The summed E-state index contributed by atoms with van der Waals surface area (Å²) in [6.07, 6.45) is 2.31. The Balaban J connectivity index is 2.12. The van der Waals surface area contributed by atoms with E-state index in [1.807, 2.05) is 18.2 Å². The van der Waals surface area contributed by atoms with E-state index in [0.29, 0.717) is 6.61 Å². The van der Waals surface area contributed by atoms with Gasteiger partial charge in [-0.15, -0.1) is 0 Å². The monoisotopic (exact) mass is 345 g/mol. The van der Waals surface area contributed by atoms with Crippen molar-refractivity contribution in [1.29, 1.82) is 0 Å². The largest absolute Gasteiger partial charge is 0.493 e. The molecule has 1 N–H and O–H groups in total. The summed E-state index contributed by atoms with van der Waals surface area (Å²) in [7, 11) is 1.64. The molecule has 4 nitrogen and oxygen atoms in total. The number of methoxy groups -OCH3 is 1. The van der Waals surface area contributed by atoms with Crippen molar-refractivity contribution in [1.82, 2.24) is 5.32 Å². The van der Waals surface area contributed by atoms with Gasteiger partial charge in [0.05, 0.1) is 18.2 Å². The van der Waals surface area contributed by atoms with Crippen LogP contribution in [0.1, 0.15) is 19.8 Å². The molecule has 0 radical (unpaired) electrons. The van der Waals surface area contributed by atoms with Crippen molar-refractivity contribution in [2.45, 2.75) is 19.8 Å². The smallest absolute Gasteiger partial charge is 0.175 e. The highest BCUT2D eigenvalue weighted by molar-refractivity contribution is 9.10. The van der Waals surface area contributed by atoms with Crippen molar-refractivity contribution in [3.05, 3.63) is 22.7 Å². The zero-order chi connectivity index (χ0) is 14.6. The number of rotatable bonds is 11. The van der Waals surface area contributed by atoms with E-state index >= 15 is 0 Å². The van der Waals surface area contributed by atoms with E-state index < -0.39 is 0 Å². The first-order valence-electron chi connectivity index (χ1n) is 7.03. The normalized spacial score (nSPS) is 10.6. The summed E-state index contributed by atoms with van der Waals surface area (Å²) in [5.41, 5.74) is 0. The molecule has 0 fully saturated rings. The molecule has 0 amide bonds. The van der Waals surface area contributed by atoms with Crippen molar-refractivity contribution in [2.24, 2.45) is 0 Å². The number of benzene rings is 1. The SMILES string of the molecule is CCCCOCCNCCOc1c(Br)cccc1OC. The van der Waals surface area contributed by atoms with Crippen LogP contribution >= 0.6 is 15.9 Å². The van der Waals surface area contributed by atoms with Crippen molar-refractivity contribution in [3.63, 3.8) is 0 Å². The third-order valence-electron chi connectivity index (χ3n) is 2.74. The molecule has 20 heavy (non-hydrogen) atoms. The van der Waals surface area contributed by atoms with E-state index in [4.69, 9.17) is 14.2 Å². The fourth-order valence-electron chi connectivity index (χ4n) is 1.63. The van der Waals surface area contributed by atoms with Crippen molar-refractivity contribution in [2.75, 3.05) is 40.0 Å². The molecule has 0 aliphatic rings.